The van der Waals surface area contributed by atoms with Crippen LogP contribution >= 0.6 is 0 Å². The standard InChI is InChI=1S/C11H20N4O4/c1-8(13-16)6-12-19-11(4,5)7-18-15-10(3)9(2)14-17/h6,16-17H,7H2,1-5H3/b12-6+,13-8+,14-9+,15-10+. The lowest BCUT2D eigenvalue weighted by atomic mass is 10.2. The van der Waals surface area contributed by atoms with E-state index in [0.717, 1.165) is 0 Å². The molecule has 0 aromatic heterocycles. The summed E-state index contributed by atoms with van der Waals surface area (Å²) in [6.45, 7) is 8.49. The van der Waals surface area contributed by atoms with Crippen LogP contribution in [0.3, 0.4) is 0 Å². The molecule has 0 unspecified atom stereocenters. The van der Waals surface area contributed by atoms with Gasteiger partial charge >= 0.3 is 0 Å². The molecule has 0 atom stereocenters. The van der Waals surface area contributed by atoms with Gasteiger partial charge in [-0.05, 0) is 34.6 Å². The van der Waals surface area contributed by atoms with Gasteiger partial charge in [-0.2, -0.15) is 0 Å². The van der Waals surface area contributed by atoms with Crippen LogP contribution in [0.25, 0.3) is 0 Å². The molecule has 0 saturated carbocycles. The highest BCUT2D eigenvalue weighted by atomic mass is 16.7. The van der Waals surface area contributed by atoms with Crippen molar-refractivity contribution in [1.82, 2.24) is 0 Å². The van der Waals surface area contributed by atoms with Crippen molar-refractivity contribution in [2.75, 3.05) is 6.61 Å². The second-order valence-electron chi connectivity index (χ2n) is 4.46. The van der Waals surface area contributed by atoms with Crippen molar-refractivity contribution in [2.24, 2.45) is 20.6 Å². The Balaban J connectivity index is 4.28. The Morgan fingerprint density at radius 3 is 2.26 bits per heavy atom. The van der Waals surface area contributed by atoms with E-state index in [-0.39, 0.29) is 6.61 Å². The van der Waals surface area contributed by atoms with E-state index in [9.17, 15) is 0 Å². The van der Waals surface area contributed by atoms with E-state index >= 15 is 0 Å². The molecule has 0 aromatic carbocycles. The molecule has 0 saturated heterocycles. The summed E-state index contributed by atoms with van der Waals surface area (Å²) in [5.41, 5.74) is 0.442. The van der Waals surface area contributed by atoms with Gasteiger partial charge in [0.25, 0.3) is 0 Å². The third-order valence-electron chi connectivity index (χ3n) is 1.98. The third-order valence-corrected chi connectivity index (χ3v) is 1.98. The molecule has 0 rings (SSSR count). The van der Waals surface area contributed by atoms with Gasteiger partial charge in [0.15, 0.2) is 12.2 Å². The van der Waals surface area contributed by atoms with Crippen LogP contribution < -0.4 is 0 Å². The molecule has 0 spiro atoms. The minimum atomic E-state index is -0.708. The van der Waals surface area contributed by atoms with Crippen LogP contribution in [-0.2, 0) is 9.68 Å². The van der Waals surface area contributed by atoms with Crippen molar-refractivity contribution in [3.63, 3.8) is 0 Å². The molecule has 0 aromatic rings. The molecular weight excluding hydrogens is 252 g/mol. The maximum absolute atomic E-state index is 8.53. The number of rotatable bonds is 7. The van der Waals surface area contributed by atoms with Gasteiger partial charge in [0.05, 0.1) is 11.9 Å². The van der Waals surface area contributed by atoms with Gasteiger partial charge in [-0.25, -0.2) is 0 Å². The molecule has 2 N–H and O–H groups in total. The van der Waals surface area contributed by atoms with Gasteiger partial charge in [-0.15, -0.1) is 0 Å². The lowest BCUT2D eigenvalue weighted by Gasteiger charge is -2.20. The Hall–Kier alpha value is -2.12. The van der Waals surface area contributed by atoms with E-state index in [2.05, 4.69) is 20.6 Å². The molecule has 8 heteroatoms. The van der Waals surface area contributed by atoms with Crippen LogP contribution in [0.5, 0.6) is 0 Å². The molecule has 0 heterocycles. The van der Waals surface area contributed by atoms with Crippen molar-refractivity contribution >= 4 is 23.3 Å². The van der Waals surface area contributed by atoms with Gasteiger partial charge in [0.2, 0.25) is 0 Å². The van der Waals surface area contributed by atoms with Crippen molar-refractivity contribution in [3.05, 3.63) is 0 Å². The predicted molar refractivity (Wildman–Crippen MR) is 72.5 cm³/mol. The molecule has 0 aliphatic heterocycles. The van der Waals surface area contributed by atoms with Crippen molar-refractivity contribution in [2.45, 2.75) is 40.2 Å². The van der Waals surface area contributed by atoms with Crippen molar-refractivity contribution in [1.29, 1.82) is 0 Å². The van der Waals surface area contributed by atoms with E-state index in [1.165, 1.54) is 6.21 Å². The Morgan fingerprint density at radius 1 is 1.11 bits per heavy atom. The van der Waals surface area contributed by atoms with Gasteiger partial charge < -0.3 is 20.1 Å². The molecule has 0 bridgehead atoms. The maximum Gasteiger partial charge on any atom is 0.168 e. The monoisotopic (exact) mass is 272 g/mol. The highest BCUT2D eigenvalue weighted by Crippen LogP contribution is 2.10. The SMILES string of the molecule is CC(/C=N/OC(C)(C)CO/N=C(C)/C(C)=N/O)=N\O. The second-order valence-corrected chi connectivity index (χ2v) is 4.46. The third kappa shape index (κ3) is 7.74. The normalized spacial score (nSPS) is 14.9. The quantitative estimate of drug-likeness (QED) is 0.419. The number of hydrogen-bond acceptors (Lipinski definition) is 8. The summed E-state index contributed by atoms with van der Waals surface area (Å²) in [6.07, 6.45) is 1.28. The van der Waals surface area contributed by atoms with E-state index in [0.29, 0.717) is 17.1 Å². The van der Waals surface area contributed by atoms with E-state index < -0.39 is 5.60 Å². The summed E-state index contributed by atoms with van der Waals surface area (Å²) in [7, 11) is 0. The average Bonchev–Trinajstić information content (AvgIpc) is 2.36. The van der Waals surface area contributed by atoms with Crippen molar-refractivity contribution < 1.29 is 20.1 Å². The Kier molecular flexibility index (Phi) is 7.16. The molecule has 0 aliphatic carbocycles. The Labute approximate surface area is 112 Å². The zero-order chi connectivity index (χ0) is 14.9. The van der Waals surface area contributed by atoms with Crippen LogP contribution in [0.4, 0.5) is 0 Å². The van der Waals surface area contributed by atoms with Crippen LogP contribution in [0.2, 0.25) is 0 Å². The summed E-state index contributed by atoms with van der Waals surface area (Å²) >= 11 is 0. The van der Waals surface area contributed by atoms with E-state index in [4.69, 9.17) is 20.1 Å². The van der Waals surface area contributed by atoms with Gasteiger partial charge in [-0.1, -0.05) is 20.6 Å². The van der Waals surface area contributed by atoms with Gasteiger partial charge in [-0.3, -0.25) is 0 Å². The molecule has 0 amide bonds. The van der Waals surface area contributed by atoms with Crippen LogP contribution in [0.1, 0.15) is 34.6 Å². The Morgan fingerprint density at radius 2 is 1.74 bits per heavy atom. The van der Waals surface area contributed by atoms with Crippen molar-refractivity contribution in [3.8, 4) is 0 Å². The molecule has 19 heavy (non-hydrogen) atoms. The minimum Gasteiger partial charge on any atom is -0.411 e. The molecule has 0 aliphatic rings. The first kappa shape index (κ1) is 16.9. The Bertz CT molecular complexity index is 399. The first-order chi connectivity index (χ1) is 8.82. The van der Waals surface area contributed by atoms with Gasteiger partial charge in [0.1, 0.15) is 11.4 Å². The first-order valence-corrected chi connectivity index (χ1v) is 5.58. The summed E-state index contributed by atoms with van der Waals surface area (Å²) in [4.78, 5) is 10.3. The average molecular weight is 272 g/mol. The zero-order valence-corrected chi connectivity index (χ0v) is 11.8. The lowest BCUT2D eigenvalue weighted by molar-refractivity contribution is -0.0721. The zero-order valence-electron chi connectivity index (χ0n) is 11.8. The number of oxime groups is 4. The first-order valence-electron chi connectivity index (χ1n) is 5.58. The van der Waals surface area contributed by atoms with Crippen LogP contribution in [0, 0.1) is 0 Å². The number of nitrogens with zero attached hydrogens (tertiary/aromatic N) is 4. The fourth-order valence-electron chi connectivity index (χ4n) is 0.720. The van der Waals surface area contributed by atoms with Crippen LogP contribution in [-0.4, -0.2) is 46.0 Å². The largest absolute Gasteiger partial charge is 0.411 e. The fraction of sp³-hybridized carbons (Fsp3) is 0.636. The molecular formula is C11H20N4O4. The highest BCUT2D eigenvalue weighted by molar-refractivity contribution is 6.40. The van der Waals surface area contributed by atoms with E-state index in [1.54, 1.807) is 34.6 Å². The topological polar surface area (TPSA) is 108 Å². The summed E-state index contributed by atoms with van der Waals surface area (Å²) in [6, 6.07) is 0. The predicted octanol–water partition coefficient (Wildman–Crippen LogP) is 1.86. The smallest absolute Gasteiger partial charge is 0.168 e. The lowest BCUT2D eigenvalue weighted by Crippen LogP contribution is -2.28. The molecule has 8 nitrogen and oxygen atoms in total. The highest BCUT2D eigenvalue weighted by Gasteiger charge is 2.21. The molecule has 108 valence electrons. The van der Waals surface area contributed by atoms with Crippen LogP contribution in [0.15, 0.2) is 20.6 Å². The molecule has 0 radical (unpaired) electrons. The summed E-state index contributed by atoms with van der Waals surface area (Å²) in [5, 5.41) is 30.3. The molecule has 0 fully saturated rings. The summed E-state index contributed by atoms with van der Waals surface area (Å²) < 4.78 is 0. The second kappa shape index (κ2) is 8.06. The summed E-state index contributed by atoms with van der Waals surface area (Å²) in [5.74, 6) is 0. The van der Waals surface area contributed by atoms with E-state index in [1.807, 2.05) is 0 Å². The van der Waals surface area contributed by atoms with Gasteiger partial charge in [0, 0.05) is 0 Å². The maximum atomic E-state index is 8.53. The minimum absolute atomic E-state index is 0.149. The fourth-order valence-corrected chi connectivity index (χ4v) is 0.720. The number of hydrogen-bond donors (Lipinski definition) is 2.